The highest BCUT2D eigenvalue weighted by Gasteiger charge is 2.22. The summed E-state index contributed by atoms with van der Waals surface area (Å²) in [4.78, 5) is 21.5. The van der Waals surface area contributed by atoms with E-state index in [1.165, 1.54) is 12.1 Å². The minimum atomic E-state index is -0.244. The average Bonchev–Trinajstić information content (AvgIpc) is 3.19. The first-order valence-corrected chi connectivity index (χ1v) is 10.8. The molecule has 1 aliphatic heterocycles. The van der Waals surface area contributed by atoms with Crippen LogP contribution in [0.3, 0.4) is 0 Å². The quantitative estimate of drug-likeness (QED) is 0.599. The predicted octanol–water partition coefficient (Wildman–Crippen LogP) is 4.49. The molecular formula is C22H21ClFN3OS. The van der Waals surface area contributed by atoms with Gasteiger partial charge in [0.05, 0.1) is 18.7 Å². The highest BCUT2D eigenvalue weighted by Crippen LogP contribution is 2.23. The fourth-order valence-electron chi connectivity index (χ4n) is 3.40. The Morgan fingerprint density at radius 2 is 1.79 bits per heavy atom. The minimum Gasteiger partial charge on any atom is -0.340 e. The molecule has 0 radical (unpaired) electrons. The molecule has 1 saturated heterocycles. The van der Waals surface area contributed by atoms with Crippen LogP contribution in [-0.4, -0.2) is 46.9 Å². The van der Waals surface area contributed by atoms with Crippen LogP contribution in [0.15, 0.2) is 53.9 Å². The van der Waals surface area contributed by atoms with E-state index in [9.17, 15) is 9.18 Å². The number of rotatable bonds is 5. The molecule has 2 heterocycles. The van der Waals surface area contributed by atoms with Crippen molar-refractivity contribution in [2.75, 3.05) is 26.2 Å². The van der Waals surface area contributed by atoms with Gasteiger partial charge in [0.25, 0.3) is 0 Å². The molecule has 0 spiro atoms. The first-order valence-electron chi connectivity index (χ1n) is 9.52. The first-order chi connectivity index (χ1) is 14.1. The number of carbonyl (C=O) groups is 1. The summed E-state index contributed by atoms with van der Waals surface area (Å²) in [6.07, 6.45) is 0.340. The lowest BCUT2D eigenvalue weighted by molar-refractivity contribution is -0.132. The molecule has 1 amide bonds. The molecule has 0 N–H and O–H groups in total. The number of hydrogen-bond acceptors (Lipinski definition) is 4. The van der Waals surface area contributed by atoms with Gasteiger partial charge in [-0.3, -0.25) is 9.69 Å². The van der Waals surface area contributed by atoms with Crippen LogP contribution in [-0.2, 0) is 17.8 Å². The maximum absolute atomic E-state index is 13.1. The molecule has 2 aromatic carbocycles. The van der Waals surface area contributed by atoms with Gasteiger partial charge in [0, 0.05) is 42.1 Å². The molecule has 0 saturated carbocycles. The van der Waals surface area contributed by atoms with E-state index in [2.05, 4.69) is 9.88 Å². The van der Waals surface area contributed by atoms with Crippen molar-refractivity contribution in [1.82, 2.24) is 14.8 Å². The largest absolute Gasteiger partial charge is 0.340 e. The molecule has 1 fully saturated rings. The van der Waals surface area contributed by atoms with Crippen molar-refractivity contribution in [2.45, 2.75) is 13.0 Å². The lowest BCUT2D eigenvalue weighted by Crippen LogP contribution is -2.48. The van der Waals surface area contributed by atoms with Crippen molar-refractivity contribution >= 4 is 28.8 Å². The van der Waals surface area contributed by atoms with E-state index >= 15 is 0 Å². The highest BCUT2D eigenvalue weighted by atomic mass is 35.5. The van der Waals surface area contributed by atoms with E-state index in [4.69, 9.17) is 11.6 Å². The Labute approximate surface area is 178 Å². The van der Waals surface area contributed by atoms with Crippen LogP contribution in [0.25, 0.3) is 11.3 Å². The summed E-state index contributed by atoms with van der Waals surface area (Å²) in [7, 11) is 0. The SMILES string of the molecule is O=C(Cc1ccccc1Cl)N1CCN(Cc2nc(-c3ccc(F)cc3)cs2)CC1. The second-order valence-electron chi connectivity index (χ2n) is 7.06. The molecule has 0 bridgehead atoms. The minimum absolute atomic E-state index is 0.116. The maximum Gasteiger partial charge on any atom is 0.227 e. The molecule has 0 atom stereocenters. The molecule has 150 valence electrons. The van der Waals surface area contributed by atoms with Crippen molar-refractivity contribution in [1.29, 1.82) is 0 Å². The fraction of sp³-hybridized carbons (Fsp3) is 0.273. The van der Waals surface area contributed by atoms with Crippen LogP contribution >= 0.6 is 22.9 Å². The van der Waals surface area contributed by atoms with E-state index in [-0.39, 0.29) is 11.7 Å². The predicted molar refractivity (Wildman–Crippen MR) is 115 cm³/mol. The number of aromatic nitrogens is 1. The van der Waals surface area contributed by atoms with Crippen LogP contribution in [0.1, 0.15) is 10.6 Å². The number of halogens is 2. The summed E-state index contributed by atoms with van der Waals surface area (Å²) in [6, 6.07) is 13.9. The van der Waals surface area contributed by atoms with Crippen molar-refractivity contribution in [3.8, 4) is 11.3 Å². The van der Waals surface area contributed by atoms with E-state index in [0.717, 1.165) is 41.5 Å². The number of benzene rings is 2. The number of thiazole rings is 1. The van der Waals surface area contributed by atoms with Gasteiger partial charge in [-0.2, -0.15) is 0 Å². The Morgan fingerprint density at radius 1 is 1.07 bits per heavy atom. The maximum atomic E-state index is 13.1. The van der Waals surface area contributed by atoms with Crippen molar-refractivity contribution in [2.24, 2.45) is 0 Å². The van der Waals surface area contributed by atoms with Crippen molar-refractivity contribution in [3.63, 3.8) is 0 Å². The second kappa shape index (κ2) is 9.03. The van der Waals surface area contributed by atoms with Crippen LogP contribution < -0.4 is 0 Å². The fourth-order valence-corrected chi connectivity index (χ4v) is 4.45. The Bertz CT molecular complexity index is 984. The molecule has 0 aliphatic carbocycles. The molecule has 4 nitrogen and oxygen atoms in total. The zero-order valence-corrected chi connectivity index (χ0v) is 17.4. The lowest BCUT2D eigenvalue weighted by atomic mass is 10.1. The number of piperazine rings is 1. The van der Waals surface area contributed by atoms with Gasteiger partial charge in [0.15, 0.2) is 0 Å². The zero-order valence-electron chi connectivity index (χ0n) is 15.9. The monoisotopic (exact) mass is 429 g/mol. The average molecular weight is 430 g/mol. The Hall–Kier alpha value is -2.28. The van der Waals surface area contributed by atoms with E-state index < -0.39 is 0 Å². The molecule has 3 aromatic rings. The van der Waals surface area contributed by atoms with Gasteiger partial charge < -0.3 is 4.90 Å². The molecule has 4 rings (SSSR count). The van der Waals surface area contributed by atoms with Crippen LogP contribution in [0.5, 0.6) is 0 Å². The molecule has 7 heteroatoms. The normalized spacial score (nSPS) is 14.9. The highest BCUT2D eigenvalue weighted by molar-refractivity contribution is 7.09. The van der Waals surface area contributed by atoms with Crippen LogP contribution in [0.4, 0.5) is 4.39 Å². The molecular weight excluding hydrogens is 409 g/mol. The topological polar surface area (TPSA) is 36.4 Å². The Balaban J connectivity index is 1.29. The standard InChI is InChI=1S/C22H21ClFN3OS/c23-19-4-2-1-3-17(19)13-22(28)27-11-9-26(10-12-27)14-21-25-20(15-29-21)16-5-7-18(24)8-6-16/h1-8,15H,9-14H2. The molecule has 0 unspecified atom stereocenters. The summed E-state index contributed by atoms with van der Waals surface area (Å²) in [5, 5.41) is 3.67. The third-order valence-corrected chi connectivity index (χ3v) is 6.28. The second-order valence-corrected chi connectivity index (χ2v) is 8.41. The Morgan fingerprint density at radius 3 is 2.52 bits per heavy atom. The summed E-state index contributed by atoms with van der Waals surface area (Å²) >= 11 is 7.78. The third-order valence-electron chi connectivity index (χ3n) is 5.08. The lowest BCUT2D eigenvalue weighted by Gasteiger charge is -2.34. The zero-order chi connectivity index (χ0) is 20.2. The van der Waals surface area contributed by atoms with Gasteiger partial charge in [0.2, 0.25) is 5.91 Å². The van der Waals surface area contributed by atoms with Crippen molar-refractivity contribution < 1.29 is 9.18 Å². The smallest absolute Gasteiger partial charge is 0.227 e. The van der Waals surface area contributed by atoms with Crippen LogP contribution in [0.2, 0.25) is 5.02 Å². The van der Waals surface area contributed by atoms with Gasteiger partial charge in [-0.25, -0.2) is 9.37 Å². The number of hydrogen-bond donors (Lipinski definition) is 0. The molecule has 1 aromatic heterocycles. The van der Waals surface area contributed by atoms with Gasteiger partial charge in [-0.1, -0.05) is 29.8 Å². The number of carbonyl (C=O) groups excluding carboxylic acids is 1. The van der Waals surface area contributed by atoms with Gasteiger partial charge in [-0.05, 0) is 35.9 Å². The summed E-state index contributed by atoms with van der Waals surface area (Å²) in [6.45, 7) is 3.82. The van der Waals surface area contributed by atoms with E-state index in [0.29, 0.717) is 24.5 Å². The molecule has 29 heavy (non-hydrogen) atoms. The summed E-state index contributed by atoms with van der Waals surface area (Å²) in [5.41, 5.74) is 2.67. The number of amides is 1. The summed E-state index contributed by atoms with van der Waals surface area (Å²) in [5.74, 6) is -0.128. The van der Waals surface area contributed by atoms with E-state index in [1.807, 2.05) is 34.5 Å². The van der Waals surface area contributed by atoms with Gasteiger partial charge >= 0.3 is 0 Å². The van der Waals surface area contributed by atoms with Gasteiger partial charge in [-0.15, -0.1) is 11.3 Å². The van der Waals surface area contributed by atoms with E-state index in [1.54, 1.807) is 23.5 Å². The third kappa shape index (κ3) is 5.01. The number of nitrogens with zero attached hydrogens (tertiary/aromatic N) is 3. The van der Waals surface area contributed by atoms with Crippen LogP contribution in [0, 0.1) is 5.82 Å². The first kappa shape index (κ1) is 20.0. The summed E-state index contributed by atoms with van der Waals surface area (Å²) < 4.78 is 13.1. The van der Waals surface area contributed by atoms with Crippen molar-refractivity contribution in [3.05, 3.63) is 75.3 Å². The Kier molecular flexibility index (Phi) is 6.23. The molecule has 1 aliphatic rings. The van der Waals surface area contributed by atoms with Gasteiger partial charge in [0.1, 0.15) is 10.8 Å².